The van der Waals surface area contributed by atoms with E-state index < -0.39 is 11.6 Å². The standard InChI is InChI=1S/C12H12F2N2S/c1-7-3-10(14)8(4-9(7)13)11-6-17-12(16-11)5-15-2/h3-4,6,15H,5H2,1-2H3. The lowest BCUT2D eigenvalue weighted by molar-refractivity contribution is 0.595. The third-order valence-corrected chi connectivity index (χ3v) is 3.25. The minimum absolute atomic E-state index is 0.215. The highest BCUT2D eigenvalue weighted by Crippen LogP contribution is 2.26. The molecule has 0 spiro atoms. The minimum atomic E-state index is -0.440. The number of hydrogen-bond acceptors (Lipinski definition) is 3. The molecule has 17 heavy (non-hydrogen) atoms. The first-order valence-corrected chi connectivity index (χ1v) is 6.05. The number of rotatable bonds is 3. The van der Waals surface area contributed by atoms with Crippen molar-refractivity contribution in [1.82, 2.24) is 10.3 Å². The molecule has 0 bridgehead atoms. The molecule has 0 saturated heterocycles. The Kier molecular flexibility index (Phi) is 3.49. The van der Waals surface area contributed by atoms with E-state index in [-0.39, 0.29) is 5.56 Å². The average Bonchev–Trinajstić information content (AvgIpc) is 2.72. The Bertz CT molecular complexity index is 537. The second kappa shape index (κ2) is 4.89. The monoisotopic (exact) mass is 254 g/mol. The Morgan fingerprint density at radius 2 is 2.06 bits per heavy atom. The van der Waals surface area contributed by atoms with Crippen molar-refractivity contribution < 1.29 is 8.78 Å². The predicted octanol–water partition coefficient (Wildman–Crippen LogP) is 3.12. The van der Waals surface area contributed by atoms with Gasteiger partial charge in [-0.05, 0) is 31.7 Å². The lowest BCUT2D eigenvalue weighted by atomic mass is 10.1. The molecule has 1 heterocycles. The number of thiazole rings is 1. The summed E-state index contributed by atoms with van der Waals surface area (Å²) in [6.45, 7) is 2.16. The molecule has 0 saturated carbocycles. The highest BCUT2D eigenvalue weighted by molar-refractivity contribution is 7.09. The van der Waals surface area contributed by atoms with Crippen LogP contribution in [0, 0.1) is 18.6 Å². The van der Waals surface area contributed by atoms with E-state index in [0.717, 1.165) is 5.01 Å². The molecule has 1 N–H and O–H groups in total. The Morgan fingerprint density at radius 3 is 2.76 bits per heavy atom. The second-order valence-corrected chi connectivity index (χ2v) is 4.68. The van der Waals surface area contributed by atoms with E-state index in [2.05, 4.69) is 10.3 Å². The Balaban J connectivity index is 2.41. The summed E-state index contributed by atoms with van der Waals surface area (Å²) in [5.41, 5.74) is 1.00. The molecule has 0 aliphatic heterocycles. The maximum atomic E-state index is 13.7. The van der Waals surface area contributed by atoms with Gasteiger partial charge in [0.05, 0.1) is 5.69 Å². The zero-order valence-corrected chi connectivity index (χ0v) is 10.4. The highest BCUT2D eigenvalue weighted by Gasteiger charge is 2.12. The van der Waals surface area contributed by atoms with Crippen LogP contribution in [0.1, 0.15) is 10.6 Å². The van der Waals surface area contributed by atoms with Gasteiger partial charge in [-0.25, -0.2) is 13.8 Å². The molecular formula is C12H12F2N2S. The minimum Gasteiger partial charge on any atom is -0.314 e. The SMILES string of the molecule is CNCc1nc(-c2cc(F)c(C)cc2F)cs1. The summed E-state index contributed by atoms with van der Waals surface area (Å²) < 4.78 is 27.1. The summed E-state index contributed by atoms with van der Waals surface area (Å²) in [4.78, 5) is 4.25. The van der Waals surface area contributed by atoms with Crippen LogP contribution < -0.4 is 5.32 Å². The van der Waals surface area contributed by atoms with E-state index in [1.165, 1.54) is 30.4 Å². The molecule has 0 unspecified atom stereocenters. The van der Waals surface area contributed by atoms with Crippen molar-refractivity contribution in [2.24, 2.45) is 0 Å². The fraction of sp³-hybridized carbons (Fsp3) is 0.250. The van der Waals surface area contributed by atoms with Gasteiger partial charge in [0.1, 0.15) is 16.6 Å². The zero-order chi connectivity index (χ0) is 12.4. The second-order valence-electron chi connectivity index (χ2n) is 3.74. The third-order valence-electron chi connectivity index (χ3n) is 2.40. The zero-order valence-electron chi connectivity index (χ0n) is 9.55. The lowest BCUT2D eigenvalue weighted by Gasteiger charge is -2.02. The summed E-state index contributed by atoms with van der Waals surface area (Å²) in [6, 6.07) is 2.39. The molecule has 0 radical (unpaired) electrons. The number of benzene rings is 1. The van der Waals surface area contributed by atoms with Gasteiger partial charge in [0, 0.05) is 17.5 Å². The molecule has 0 aliphatic rings. The van der Waals surface area contributed by atoms with Crippen LogP contribution in [0.3, 0.4) is 0 Å². The van der Waals surface area contributed by atoms with E-state index >= 15 is 0 Å². The summed E-state index contributed by atoms with van der Waals surface area (Å²) in [5, 5.41) is 5.55. The van der Waals surface area contributed by atoms with Gasteiger partial charge in [0.25, 0.3) is 0 Å². The van der Waals surface area contributed by atoms with Crippen LogP contribution in [0.5, 0.6) is 0 Å². The summed E-state index contributed by atoms with van der Waals surface area (Å²) in [5.74, 6) is -0.852. The number of aromatic nitrogens is 1. The largest absolute Gasteiger partial charge is 0.314 e. The summed E-state index contributed by atoms with van der Waals surface area (Å²) in [7, 11) is 1.81. The van der Waals surface area contributed by atoms with E-state index in [4.69, 9.17) is 0 Å². The highest BCUT2D eigenvalue weighted by atomic mass is 32.1. The number of hydrogen-bond donors (Lipinski definition) is 1. The molecule has 5 heteroatoms. The van der Waals surface area contributed by atoms with Crippen LogP contribution in [0.4, 0.5) is 8.78 Å². The molecule has 2 aromatic rings. The lowest BCUT2D eigenvalue weighted by Crippen LogP contribution is -2.04. The van der Waals surface area contributed by atoms with E-state index in [1.807, 2.05) is 7.05 Å². The number of nitrogens with zero attached hydrogens (tertiary/aromatic N) is 1. The van der Waals surface area contributed by atoms with Crippen molar-refractivity contribution in [2.45, 2.75) is 13.5 Å². The van der Waals surface area contributed by atoms with E-state index in [9.17, 15) is 8.78 Å². The first kappa shape index (κ1) is 12.1. The molecule has 2 nitrogen and oxygen atoms in total. The van der Waals surface area contributed by atoms with Gasteiger partial charge < -0.3 is 5.32 Å². The van der Waals surface area contributed by atoms with Crippen LogP contribution in [0.15, 0.2) is 17.5 Å². The van der Waals surface area contributed by atoms with E-state index in [1.54, 1.807) is 5.38 Å². The summed E-state index contributed by atoms with van der Waals surface area (Å²) >= 11 is 1.42. The molecular weight excluding hydrogens is 242 g/mol. The molecule has 1 aromatic carbocycles. The third kappa shape index (κ3) is 2.50. The van der Waals surface area contributed by atoms with Gasteiger partial charge in [-0.1, -0.05) is 0 Å². The molecule has 1 aromatic heterocycles. The maximum absolute atomic E-state index is 13.7. The van der Waals surface area contributed by atoms with Crippen LogP contribution >= 0.6 is 11.3 Å². The molecule has 90 valence electrons. The van der Waals surface area contributed by atoms with Crippen molar-refractivity contribution in [3.8, 4) is 11.3 Å². The number of halogens is 2. The molecule has 0 amide bonds. The van der Waals surface area contributed by atoms with Crippen molar-refractivity contribution in [3.63, 3.8) is 0 Å². The normalized spacial score (nSPS) is 10.8. The van der Waals surface area contributed by atoms with Gasteiger partial charge in [0.15, 0.2) is 0 Å². The quantitative estimate of drug-likeness (QED) is 0.910. The van der Waals surface area contributed by atoms with Crippen molar-refractivity contribution >= 4 is 11.3 Å². The van der Waals surface area contributed by atoms with Crippen molar-refractivity contribution in [1.29, 1.82) is 0 Å². The topological polar surface area (TPSA) is 24.9 Å². The van der Waals surface area contributed by atoms with Gasteiger partial charge in [-0.15, -0.1) is 11.3 Å². The average molecular weight is 254 g/mol. The Hall–Kier alpha value is -1.33. The Labute approximate surface area is 102 Å². The molecule has 2 rings (SSSR count). The van der Waals surface area contributed by atoms with Gasteiger partial charge in [-0.2, -0.15) is 0 Å². The van der Waals surface area contributed by atoms with Gasteiger partial charge in [-0.3, -0.25) is 0 Å². The maximum Gasteiger partial charge on any atom is 0.133 e. The molecule has 0 fully saturated rings. The molecule has 0 atom stereocenters. The van der Waals surface area contributed by atoms with Gasteiger partial charge >= 0.3 is 0 Å². The number of nitrogens with one attached hydrogen (secondary N) is 1. The van der Waals surface area contributed by atoms with Crippen molar-refractivity contribution in [3.05, 3.63) is 39.7 Å². The van der Waals surface area contributed by atoms with Crippen LogP contribution in [0.2, 0.25) is 0 Å². The fourth-order valence-electron chi connectivity index (χ4n) is 1.51. The fourth-order valence-corrected chi connectivity index (χ4v) is 2.32. The first-order valence-electron chi connectivity index (χ1n) is 5.17. The predicted molar refractivity (Wildman–Crippen MR) is 65.0 cm³/mol. The number of aryl methyl sites for hydroxylation is 1. The van der Waals surface area contributed by atoms with Crippen molar-refractivity contribution in [2.75, 3.05) is 7.05 Å². The van der Waals surface area contributed by atoms with Gasteiger partial charge in [0.2, 0.25) is 0 Å². The smallest absolute Gasteiger partial charge is 0.133 e. The first-order chi connectivity index (χ1) is 8.11. The van der Waals surface area contributed by atoms with Crippen LogP contribution in [-0.2, 0) is 6.54 Å². The van der Waals surface area contributed by atoms with Crippen LogP contribution in [0.25, 0.3) is 11.3 Å². The molecule has 0 aliphatic carbocycles. The van der Waals surface area contributed by atoms with Crippen LogP contribution in [-0.4, -0.2) is 12.0 Å². The van der Waals surface area contributed by atoms with E-state index in [0.29, 0.717) is 17.8 Å². The summed E-state index contributed by atoms with van der Waals surface area (Å²) in [6.07, 6.45) is 0. The Morgan fingerprint density at radius 1 is 1.29 bits per heavy atom.